The Morgan fingerprint density at radius 3 is 2.22 bits per heavy atom. The number of nitrogens with two attached hydrogens (primary N) is 1. The Labute approximate surface area is 130 Å². The Balaban J connectivity index is -0.00000133. The number of phenols is 1. The zero-order valence-corrected chi connectivity index (χ0v) is 12.9. The van der Waals surface area contributed by atoms with Gasteiger partial charge < -0.3 is 31.2 Å². The second-order valence-corrected chi connectivity index (χ2v) is 5.51. The Hall–Kier alpha value is -1.76. The summed E-state index contributed by atoms with van der Waals surface area (Å²) in [5.74, 6) is 3.08. The standard InChI is InChI=1S/C10H15N2O7P.3H2O/c1-10(12-11,9(14)15)5-6-2-3-8(7(13)4-6)19-20(16,17)18;;;/h2-4,12-13H,5,11H2,1H3,(H,14,15)(H2,16,17,18);3*1H2. The maximum Gasteiger partial charge on any atom is 0.524 e. The van der Waals surface area contributed by atoms with Crippen molar-refractivity contribution in [3.05, 3.63) is 23.8 Å². The Morgan fingerprint density at radius 2 is 1.87 bits per heavy atom. The van der Waals surface area contributed by atoms with Gasteiger partial charge in [0, 0.05) is 6.42 Å². The van der Waals surface area contributed by atoms with E-state index in [0.29, 0.717) is 5.56 Å². The summed E-state index contributed by atoms with van der Waals surface area (Å²) in [6.07, 6.45) is -0.0530. The van der Waals surface area contributed by atoms with E-state index >= 15 is 0 Å². The predicted octanol–water partition coefficient (Wildman–Crippen LogP) is -2.76. The Kier molecular flexibility index (Phi) is 10.7. The molecule has 0 aliphatic rings. The van der Waals surface area contributed by atoms with Gasteiger partial charge in [0.15, 0.2) is 11.5 Å². The minimum atomic E-state index is -4.78. The summed E-state index contributed by atoms with van der Waals surface area (Å²) < 4.78 is 14.9. The summed E-state index contributed by atoms with van der Waals surface area (Å²) in [6, 6.07) is 3.63. The maximum atomic E-state index is 11.1. The summed E-state index contributed by atoms with van der Waals surface area (Å²) in [7, 11) is -4.78. The molecule has 1 aromatic rings. The van der Waals surface area contributed by atoms with E-state index in [-0.39, 0.29) is 22.8 Å². The van der Waals surface area contributed by atoms with E-state index in [1.807, 2.05) is 0 Å². The number of rotatable bonds is 6. The van der Waals surface area contributed by atoms with E-state index in [2.05, 4.69) is 9.95 Å². The second-order valence-electron chi connectivity index (χ2n) is 4.34. The number of aromatic hydroxyl groups is 1. The van der Waals surface area contributed by atoms with Gasteiger partial charge in [-0.05, 0) is 24.6 Å². The normalized spacial score (nSPS) is 12.7. The number of phosphoric ester groups is 1. The van der Waals surface area contributed by atoms with Crippen molar-refractivity contribution in [2.75, 3.05) is 0 Å². The van der Waals surface area contributed by atoms with Crippen molar-refractivity contribution >= 4 is 13.8 Å². The molecule has 0 aromatic heterocycles. The number of carboxylic acids is 1. The number of phosphoric acid groups is 1. The van der Waals surface area contributed by atoms with Crippen LogP contribution in [0.4, 0.5) is 0 Å². The molecule has 1 unspecified atom stereocenters. The molecule has 0 radical (unpaired) electrons. The molecular formula is C10H21N2O10P. The van der Waals surface area contributed by atoms with E-state index in [1.165, 1.54) is 13.0 Å². The highest BCUT2D eigenvalue weighted by Gasteiger charge is 2.32. The van der Waals surface area contributed by atoms with Crippen LogP contribution in [0.1, 0.15) is 12.5 Å². The van der Waals surface area contributed by atoms with Gasteiger partial charge in [0.2, 0.25) is 0 Å². The molecule has 0 amide bonds. The second kappa shape index (κ2) is 9.39. The van der Waals surface area contributed by atoms with Crippen LogP contribution in [-0.4, -0.2) is 47.9 Å². The molecule has 1 aromatic carbocycles. The average molecular weight is 360 g/mol. The number of hydrogen-bond acceptors (Lipinski definition) is 6. The molecule has 0 spiro atoms. The number of nitrogens with one attached hydrogen (secondary N) is 1. The number of hydrogen-bond donors (Lipinski definition) is 6. The lowest BCUT2D eigenvalue weighted by Gasteiger charge is -2.23. The highest BCUT2D eigenvalue weighted by atomic mass is 31.2. The third kappa shape index (κ3) is 7.36. The number of carbonyl (C=O) groups is 1. The van der Waals surface area contributed by atoms with E-state index in [0.717, 1.165) is 12.1 Å². The minimum Gasteiger partial charge on any atom is -0.504 e. The number of hydrazine groups is 1. The number of benzene rings is 1. The molecule has 0 heterocycles. The fourth-order valence-corrected chi connectivity index (χ4v) is 1.89. The lowest BCUT2D eigenvalue weighted by molar-refractivity contribution is -0.144. The van der Waals surface area contributed by atoms with Crippen LogP contribution in [-0.2, 0) is 15.8 Å². The van der Waals surface area contributed by atoms with Gasteiger partial charge in [0.1, 0.15) is 5.54 Å². The molecule has 13 heteroatoms. The lowest BCUT2D eigenvalue weighted by Crippen LogP contribution is -2.54. The summed E-state index contributed by atoms with van der Waals surface area (Å²) >= 11 is 0. The van der Waals surface area contributed by atoms with Gasteiger partial charge in [0.25, 0.3) is 0 Å². The molecule has 1 rings (SSSR count). The van der Waals surface area contributed by atoms with Crippen molar-refractivity contribution in [1.29, 1.82) is 0 Å². The quantitative estimate of drug-likeness (QED) is 0.174. The Bertz CT molecular complexity index is 563. The van der Waals surface area contributed by atoms with Crippen molar-refractivity contribution in [3.63, 3.8) is 0 Å². The number of carboxylic acid groups (broad SMARTS) is 1. The van der Waals surface area contributed by atoms with Crippen LogP contribution in [0.2, 0.25) is 0 Å². The first-order chi connectivity index (χ1) is 9.07. The van der Waals surface area contributed by atoms with Gasteiger partial charge in [0.05, 0.1) is 0 Å². The molecule has 0 aliphatic carbocycles. The van der Waals surface area contributed by atoms with Crippen molar-refractivity contribution in [3.8, 4) is 11.5 Å². The van der Waals surface area contributed by atoms with Crippen molar-refractivity contribution in [1.82, 2.24) is 5.43 Å². The fraction of sp³-hybridized carbons (Fsp3) is 0.300. The van der Waals surface area contributed by atoms with Crippen molar-refractivity contribution in [2.45, 2.75) is 18.9 Å². The molecule has 0 aliphatic heterocycles. The SMILES string of the molecule is CC(Cc1ccc(OP(=O)(O)O)c(O)c1)(NN)C(=O)O.O.O.O. The highest BCUT2D eigenvalue weighted by Crippen LogP contribution is 2.41. The van der Waals surface area contributed by atoms with Gasteiger partial charge in [-0.2, -0.15) is 0 Å². The zero-order chi connectivity index (χ0) is 15.6. The van der Waals surface area contributed by atoms with Crippen molar-refractivity contribution < 1.29 is 50.3 Å². The van der Waals surface area contributed by atoms with Crippen LogP contribution in [0.3, 0.4) is 0 Å². The van der Waals surface area contributed by atoms with E-state index in [9.17, 15) is 14.5 Å². The smallest absolute Gasteiger partial charge is 0.504 e. The van der Waals surface area contributed by atoms with E-state index in [4.69, 9.17) is 20.7 Å². The molecule has 13 N–H and O–H groups in total. The van der Waals surface area contributed by atoms with Crippen LogP contribution in [0.5, 0.6) is 11.5 Å². The average Bonchev–Trinajstić information content (AvgIpc) is 2.31. The third-order valence-electron chi connectivity index (χ3n) is 2.59. The summed E-state index contributed by atoms with van der Waals surface area (Å²) in [5, 5.41) is 18.6. The highest BCUT2D eigenvalue weighted by molar-refractivity contribution is 7.46. The zero-order valence-electron chi connectivity index (χ0n) is 12.0. The molecule has 0 bridgehead atoms. The first-order valence-electron chi connectivity index (χ1n) is 5.35. The van der Waals surface area contributed by atoms with Gasteiger partial charge in [-0.15, -0.1) is 0 Å². The van der Waals surface area contributed by atoms with E-state index < -0.39 is 30.8 Å². The predicted molar refractivity (Wildman–Crippen MR) is 78.7 cm³/mol. The largest absolute Gasteiger partial charge is 0.524 e. The fourth-order valence-electron chi connectivity index (χ4n) is 1.47. The summed E-state index contributed by atoms with van der Waals surface area (Å²) in [4.78, 5) is 28.3. The Morgan fingerprint density at radius 1 is 1.35 bits per heavy atom. The molecule has 1 atom stereocenters. The molecule has 136 valence electrons. The van der Waals surface area contributed by atoms with Crippen LogP contribution in [0.25, 0.3) is 0 Å². The maximum absolute atomic E-state index is 11.1. The first-order valence-corrected chi connectivity index (χ1v) is 6.88. The topological polar surface area (TPSA) is 257 Å². The molecule has 12 nitrogen and oxygen atoms in total. The molecular weight excluding hydrogens is 339 g/mol. The van der Waals surface area contributed by atoms with Crippen LogP contribution < -0.4 is 15.8 Å². The third-order valence-corrected chi connectivity index (χ3v) is 3.02. The van der Waals surface area contributed by atoms with Gasteiger partial charge in [-0.25, -0.2) is 9.99 Å². The summed E-state index contributed by atoms with van der Waals surface area (Å²) in [6.45, 7) is 1.35. The number of aliphatic carboxylic acids is 1. The van der Waals surface area contributed by atoms with Crippen molar-refractivity contribution in [2.24, 2.45) is 5.84 Å². The van der Waals surface area contributed by atoms with Crippen LogP contribution >= 0.6 is 7.82 Å². The molecule has 0 saturated heterocycles. The molecule has 23 heavy (non-hydrogen) atoms. The molecule has 0 fully saturated rings. The number of phenolic OH excluding ortho intramolecular Hbond substituents is 1. The van der Waals surface area contributed by atoms with Gasteiger partial charge >= 0.3 is 13.8 Å². The lowest BCUT2D eigenvalue weighted by atomic mass is 9.93. The summed E-state index contributed by atoms with van der Waals surface area (Å²) in [5.41, 5.74) is 1.11. The van der Waals surface area contributed by atoms with Gasteiger partial charge in [-0.3, -0.25) is 20.4 Å². The van der Waals surface area contributed by atoms with Gasteiger partial charge in [-0.1, -0.05) is 6.07 Å². The van der Waals surface area contributed by atoms with Crippen LogP contribution in [0.15, 0.2) is 18.2 Å². The molecule has 0 saturated carbocycles. The first kappa shape index (κ1) is 26.2. The van der Waals surface area contributed by atoms with E-state index in [1.54, 1.807) is 0 Å². The monoisotopic (exact) mass is 360 g/mol. The minimum absolute atomic E-state index is 0. The van der Waals surface area contributed by atoms with Crippen LogP contribution in [0, 0.1) is 0 Å².